The van der Waals surface area contributed by atoms with Crippen LogP contribution in [0.4, 0.5) is 0 Å². The van der Waals surface area contributed by atoms with Gasteiger partial charge >= 0.3 is 9.28 Å². The van der Waals surface area contributed by atoms with Gasteiger partial charge in [-0.25, -0.2) is 0 Å². The first kappa shape index (κ1) is 10.4. The standard InChI is InChI=1S/C5H8O4Si2/c1-4(6)8-11(3-10)9-5(2)7/h3H2,1-2H3. The highest BCUT2D eigenvalue weighted by molar-refractivity contribution is 6.57. The maximum absolute atomic E-state index is 10.4. The van der Waals surface area contributed by atoms with Gasteiger partial charge in [0.25, 0.3) is 11.9 Å². The van der Waals surface area contributed by atoms with Gasteiger partial charge in [0, 0.05) is 29.8 Å². The second kappa shape index (κ2) is 5.08. The first-order valence-corrected chi connectivity index (χ1v) is 5.16. The maximum Gasteiger partial charge on any atom is 0.532 e. The average molecular weight is 188 g/mol. The Morgan fingerprint density at radius 2 is 1.64 bits per heavy atom. The van der Waals surface area contributed by atoms with E-state index in [1.54, 1.807) is 0 Å². The Kier molecular flexibility index (Phi) is 4.79. The van der Waals surface area contributed by atoms with Crippen molar-refractivity contribution in [1.82, 2.24) is 0 Å². The van der Waals surface area contributed by atoms with E-state index in [0.717, 1.165) is 0 Å². The van der Waals surface area contributed by atoms with Crippen LogP contribution in [-0.4, -0.2) is 31.5 Å². The van der Waals surface area contributed by atoms with E-state index < -0.39 is 21.2 Å². The van der Waals surface area contributed by atoms with Crippen molar-refractivity contribution in [3.8, 4) is 0 Å². The smallest absolute Gasteiger partial charge is 0.483 e. The lowest BCUT2D eigenvalue weighted by Gasteiger charge is -2.09. The normalized spacial score (nSPS) is 9.45. The largest absolute Gasteiger partial charge is 0.532 e. The van der Waals surface area contributed by atoms with Crippen LogP contribution in [0, 0.1) is 0 Å². The molecule has 0 fully saturated rings. The summed E-state index contributed by atoms with van der Waals surface area (Å²) in [7, 11) is 1.34. The second-order valence-corrected chi connectivity index (χ2v) is 4.30. The van der Waals surface area contributed by atoms with E-state index in [0.29, 0.717) is 5.67 Å². The molecule has 6 heteroatoms. The topological polar surface area (TPSA) is 52.6 Å². The Balaban J connectivity index is 3.76. The predicted octanol–water partition coefficient (Wildman–Crippen LogP) is -0.273. The highest BCUT2D eigenvalue weighted by atomic mass is 28.3. The molecule has 0 aromatic heterocycles. The molecule has 0 N–H and O–H groups in total. The lowest BCUT2D eigenvalue weighted by Crippen LogP contribution is -2.27. The number of rotatable bonds is 3. The van der Waals surface area contributed by atoms with Crippen molar-refractivity contribution in [3.63, 3.8) is 0 Å². The summed E-state index contributed by atoms with van der Waals surface area (Å²) >= 11 is 0. The summed E-state index contributed by atoms with van der Waals surface area (Å²) in [4.78, 5) is 20.8. The van der Waals surface area contributed by atoms with Gasteiger partial charge in [-0.1, -0.05) is 0 Å². The molecule has 0 spiro atoms. The molecule has 0 saturated carbocycles. The van der Waals surface area contributed by atoms with Gasteiger partial charge in [0.1, 0.15) is 0 Å². The first-order valence-electron chi connectivity index (χ1n) is 2.93. The van der Waals surface area contributed by atoms with Gasteiger partial charge in [0.15, 0.2) is 0 Å². The summed E-state index contributed by atoms with van der Waals surface area (Å²) in [6, 6.07) is 0. The molecule has 0 aromatic carbocycles. The molecular formula is C5H8O4Si2. The minimum Gasteiger partial charge on any atom is -0.483 e. The minimum absolute atomic E-state index is 0.379. The number of carbonyl (C=O) groups excluding carboxylic acids is 2. The van der Waals surface area contributed by atoms with Gasteiger partial charge in [0.2, 0.25) is 0 Å². The molecule has 0 saturated heterocycles. The quantitative estimate of drug-likeness (QED) is 0.572. The molecule has 0 aliphatic carbocycles. The van der Waals surface area contributed by atoms with E-state index in [-0.39, 0.29) is 0 Å². The van der Waals surface area contributed by atoms with Crippen LogP contribution < -0.4 is 0 Å². The fourth-order valence-electron chi connectivity index (χ4n) is 0.414. The minimum atomic E-state index is -1.77. The van der Waals surface area contributed by atoms with Crippen LogP contribution in [-0.2, 0) is 18.4 Å². The molecule has 11 heavy (non-hydrogen) atoms. The zero-order valence-electron chi connectivity index (χ0n) is 6.34. The fourth-order valence-corrected chi connectivity index (χ4v) is 1.67. The number of carbonyl (C=O) groups is 2. The van der Waals surface area contributed by atoms with Crippen molar-refractivity contribution < 1.29 is 18.4 Å². The first-order chi connectivity index (χ1) is 5.06. The fraction of sp³-hybridized carbons (Fsp3) is 0.600. The molecule has 0 rings (SSSR count). The Hall–Kier alpha value is -0.626. The van der Waals surface area contributed by atoms with Crippen LogP contribution in [0.3, 0.4) is 0 Å². The molecule has 0 amide bonds. The van der Waals surface area contributed by atoms with Crippen LogP contribution in [0.25, 0.3) is 0 Å². The monoisotopic (exact) mass is 188 g/mol. The average Bonchev–Trinajstić information content (AvgIpc) is 1.84. The van der Waals surface area contributed by atoms with E-state index in [2.05, 4.69) is 19.1 Å². The third kappa shape index (κ3) is 5.80. The van der Waals surface area contributed by atoms with Gasteiger partial charge in [-0.15, -0.1) is 0 Å². The summed E-state index contributed by atoms with van der Waals surface area (Å²) in [5, 5.41) is 0. The van der Waals surface area contributed by atoms with Crippen molar-refractivity contribution in [2.24, 2.45) is 0 Å². The van der Waals surface area contributed by atoms with Crippen LogP contribution in [0.2, 0.25) is 5.67 Å². The van der Waals surface area contributed by atoms with Gasteiger partial charge in [-0.3, -0.25) is 9.59 Å². The number of hydrogen-bond donors (Lipinski definition) is 0. The molecule has 4 nitrogen and oxygen atoms in total. The van der Waals surface area contributed by atoms with E-state index in [1.807, 2.05) is 0 Å². The lowest BCUT2D eigenvalue weighted by molar-refractivity contribution is -0.137. The Labute approximate surface area is 70.1 Å². The molecule has 0 bridgehead atoms. The second-order valence-electron chi connectivity index (χ2n) is 1.74. The number of hydrogen-bond acceptors (Lipinski definition) is 4. The highest BCUT2D eigenvalue weighted by Crippen LogP contribution is 1.94. The van der Waals surface area contributed by atoms with Gasteiger partial charge in [-0.05, 0) is 0 Å². The predicted molar refractivity (Wildman–Crippen MR) is 39.8 cm³/mol. The summed E-state index contributed by atoms with van der Waals surface area (Å²) in [6.45, 7) is 2.55. The molecule has 0 unspecified atom stereocenters. The van der Waals surface area contributed by atoms with E-state index >= 15 is 0 Å². The molecule has 0 atom stereocenters. The van der Waals surface area contributed by atoms with E-state index in [4.69, 9.17) is 0 Å². The lowest BCUT2D eigenvalue weighted by atomic mass is 10.9. The van der Waals surface area contributed by atoms with Gasteiger partial charge in [0.05, 0.1) is 0 Å². The summed E-state index contributed by atoms with van der Waals surface area (Å²) in [5.41, 5.74) is 0.379. The van der Waals surface area contributed by atoms with Crippen molar-refractivity contribution in [2.75, 3.05) is 0 Å². The van der Waals surface area contributed by atoms with Crippen molar-refractivity contribution in [3.05, 3.63) is 0 Å². The molecule has 0 heterocycles. The van der Waals surface area contributed by atoms with E-state index in [9.17, 15) is 9.59 Å². The molecule has 0 aliphatic rings. The Bertz CT molecular complexity index is 143. The highest BCUT2D eigenvalue weighted by Gasteiger charge is 2.19. The van der Waals surface area contributed by atoms with Crippen LogP contribution >= 0.6 is 0 Å². The molecule has 60 valence electrons. The molecular weight excluding hydrogens is 180 g/mol. The Morgan fingerprint density at radius 1 is 1.27 bits per heavy atom. The summed E-state index contributed by atoms with van der Waals surface area (Å²) in [5.74, 6) is -0.864. The van der Waals surface area contributed by atoms with Crippen molar-refractivity contribution in [2.45, 2.75) is 19.5 Å². The maximum atomic E-state index is 10.4. The SMILES string of the molecule is CC(=O)O[Si](C[Si])OC(C)=O. The zero-order valence-corrected chi connectivity index (χ0v) is 8.34. The molecule has 4 radical (unpaired) electrons. The van der Waals surface area contributed by atoms with Gasteiger partial charge in [-0.2, -0.15) is 0 Å². The molecule has 0 aliphatic heterocycles. The summed E-state index contributed by atoms with van der Waals surface area (Å²) in [6.07, 6.45) is 0. The zero-order chi connectivity index (χ0) is 8.85. The Morgan fingerprint density at radius 3 is 1.82 bits per heavy atom. The summed E-state index contributed by atoms with van der Waals surface area (Å²) < 4.78 is 9.36. The third-order valence-corrected chi connectivity index (χ3v) is 2.84. The van der Waals surface area contributed by atoms with Crippen LogP contribution in [0.1, 0.15) is 13.8 Å². The van der Waals surface area contributed by atoms with E-state index in [1.165, 1.54) is 13.8 Å². The van der Waals surface area contributed by atoms with Crippen LogP contribution in [0.5, 0.6) is 0 Å². The van der Waals surface area contributed by atoms with Gasteiger partial charge < -0.3 is 8.85 Å². The molecule has 0 aromatic rings. The van der Waals surface area contributed by atoms with Crippen molar-refractivity contribution in [1.29, 1.82) is 0 Å². The third-order valence-electron chi connectivity index (χ3n) is 0.659. The van der Waals surface area contributed by atoms with Crippen LogP contribution in [0.15, 0.2) is 0 Å². The van der Waals surface area contributed by atoms with Crippen molar-refractivity contribution >= 4 is 31.5 Å².